The van der Waals surface area contributed by atoms with E-state index in [4.69, 9.17) is 51.2 Å². The lowest BCUT2D eigenvalue weighted by Crippen LogP contribution is -2.67. The third kappa shape index (κ3) is 55.3. The molecule has 0 bridgehead atoms. The first-order chi connectivity index (χ1) is 62.4. The Balaban J connectivity index is 2.03. The zero-order valence-electron chi connectivity index (χ0n) is 82.5. The van der Waals surface area contributed by atoms with E-state index < -0.39 is 131 Å². The minimum Gasteiger partial charge on any atom is -0.462 e. The summed E-state index contributed by atoms with van der Waals surface area (Å²) in [5.74, 6) is -4.20. The van der Waals surface area contributed by atoms with Gasteiger partial charge < -0.3 is 57.3 Å². The van der Waals surface area contributed by atoms with Crippen molar-refractivity contribution < 1.29 is 89.3 Å². The molecule has 0 aromatic heterocycles. The molecule has 0 unspecified atom stereocenters. The zero-order chi connectivity index (χ0) is 93.7. The zero-order valence-corrected chi connectivity index (χ0v) is 84.4. The molecule has 2 amide bonds. The van der Waals surface area contributed by atoms with Crippen LogP contribution in [0.5, 0.6) is 11.5 Å². The number of phosphoric ester groups is 1. The Labute approximate surface area is 782 Å². The molecule has 23 heteroatoms. The lowest BCUT2D eigenvalue weighted by Gasteiger charge is -2.47. The van der Waals surface area contributed by atoms with Gasteiger partial charge in [-0.15, -0.1) is 0 Å². The number of para-hydroxylation sites is 2. The highest BCUT2D eigenvalue weighted by Gasteiger charge is 2.55. The molecule has 129 heavy (non-hydrogen) atoms. The highest BCUT2D eigenvalue weighted by Crippen LogP contribution is 2.53. The minimum atomic E-state index is -5.10. The van der Waals surface area contributed by atoms with Crippen LogP contribution in [0.15, 0.2) is 91.0 Å². The molecule has 4 rings (SSSR count). The second-order valence-electron chi connectivity index (χ2n) is 37.9. The summed E-state index contributed by atoms with van der Waals surface area (Å²) in [6.07, 6.45) is 40.0. The number of esters is 5. The lowest BCUT2D eigenvalue weighted by atomic mass is 9.95. The molecule has 3 aromatic carbocycles. The van der Waals surface area contributed by atoms with Gasteiger partial charge in [0, 0.05) is 19.3 Å². The van der Waals surface area contributed by atoms with E-state index in [2.05, 4.69) is 72.9 Å². The Hall–Kier alpha value is -6.16. The molecule has 736 valence electrons. The van der Waals surface area contributed by atoms with Crippen LogP contribution in [0.1, 0.15) is 434 Å². The average molecular weight is 1840 g/mol. The summed E-state index contributed by atoms with van der Waals surface area (Å²) in [4.78, 5) is 104. The smallest absolute Gasteiger partial charge is 0.462 e. The molecule has 9 atom stereocenters. The number of hydrogen-bond acceptors (Lipinski definition) is 19. The quantitative estimate of drug-likeness (QED) is 0.0175. The maximum atomic E-state index is 16.4. The van der Waals surface area contributed by atoms with E-state index in [1.54, 1.807) is 72.8 Å². The Bertz CT molecular complexity index is 3360. The molecule has 0 saturated carbocycles. The third-order valence-corrected chi connectivity index (χ3v) is 30.9. The van der Waals surface area contributed by atoms with Gasteiger partial charge in [-0.2, -0.15) is 0 Å². The fraction of sp³-hybridized carbons (Fsp3) is 0.764. The lowest BCUT2D eigenvalue weighted by molar-refractivity contribution is -0.271. The normalized spacial score (nSPS) is 16.3. The Morgan fingerprint density at radius 2 is 0.744 bits per heavy atom. The summed E-state index contributed by atoms with van der Waals surface area (Å²) in [7, 11) is -7.96. The summed E-state index contributed by atoms with van der Waals surface area (Å²) in [6, 6.07) is 22.4. The predicted octanol–water partition coefficient (Wildman–Crippen LogP) is 28.1. The van der Waals surface area contributed by atoms with Crippen LogP contribution in [-0.4, -0.2) is 118 Å². The first kappa shape index (κ1) is 115. The van der Waals surface area contributed by atoms with Crippen LogP contribution in [0.2, 0.25) is 18.1 Å². The van der Waals surface area contributed by atoms with Gasteiger partial charge in [0.25, 0.3) is 0 Å². The fourth-order valence-electron chi connectivity index (χ4n) is 16.1. The fourth-order valence-corrected chi connectivity index (χ4v) is 18.5. The molecule has 0 spiro atoms. The van der Waals surface area contributed by atoms with E-state index in [0.29, 0.717) is 63.4 Å². The van der Waals surface area contributed by atoms with Crippen molar-refractivity contribution in [2.75, 3.05) is 13.2 Å². The largest absolute Gasteiger partial charge is 0.588 e. The van der Waals surface area contributed by atoms with Crippen molar-refractivity contribution in [2.24, 2.45) is 0 Å². The number of benzene rings is 3. The molecule has 3 aromatic rings. The maximum absolute atomic E-state index is 16.4. The van der Waals surface area contributed by atoms with Crippen LogP contribution in [0.4, 0.5) is 0 Å². The molecular weight excluding hydrogens is 1660 g/mol. The second-order valence-corrected chi connectivity index (χ2v) is 44.2. The Morgan fingerprint density at radius 1 is 0.411 bits per heavy atom. The molecule has 1 aliphatic rings. The summed E-state index contributed by atoms with van der Waals surface area (Å²) < 4.78 is 89.7. The van der Waals surface area contributed by atoms with Gasteiger partial charge in [-0.1, -0.05) is 399 Å². The van der Waals surface area contributed by atoms with Crippen molar-refractivity contribution in [1.29, 1.82) is 0 Å². The number of hydrogen-bond donors (Lipinski definition) is 2. The maximum Gasteiger partial charge on any atom is 0.588 e. The monoisotopic (exact) mass is 1840 g/mol. The van der Waals surface area contributed by atoms with E-state index in [9.17, 15) is 14.4 Å². The minimum absolute atomic E-state index is 0.0862. The SMILES string of the molecule is CCCCCCCCCCC[C@H](CC(=O)N[C@H]1[C@H](OC[C@H](NC(=O)C[C@@H](CCCCCCCCCCC)OC(=O)CCCCCCCCC)C(=O)OCc2ccccc2)O[C@H](CO[Si](C)(C)C(C)(C)C)[C@@H](OP(=O)(Oc2ccccc2)Oc2ccccc2)[C@@H]1OC(=O)C[C@@H](CCCCCCCCCCC)OC(=O)CCCCCCCCC)OC(=O)CCCCCCCCC. The van der Waals surface area contributed by atoms with Gasteiger partial charge in [0.15, 0.2) is 26.8 Å². The van der Waals surface area contributed by atoms with E-state index in [1.165, 1.54) is 57.8 Å². The summed E-state index contributed by atoms with van der Waals surface area (Å²) >= 11 is 0. The molecule has 1 heterocycles. The van der Waals surface area contributed by atoms with E-state index in [1.807, 2.05) is 31.3 Å². The van der Waals surface area contributed by atoms with Crippen LogP contribution in [-0.2, 0) is 86.8 Å². The Kier molecular flexibility index (Phi) is 64.6. The first-order valence-electron chi connectivity index (χ1n) is 51.7. The predicted molar refractivity (Wildman–Crippen MR) is 521 cm³/mol. The molecule has 1 aliphatic heterocycles. The number of carbonyl (C=O) groups is 7. The number of ether oxygens (including phenoxy) is 7. The Morgan fingerprint density at radius 3 is 1.11 bits per heavy atom. The molecule has 0 radical (unpaired) electrons. The third-order valence-electron chi connectivity index (χ3n) is 25.1. The highest BCUT2D eigenvalue weighted by molar-refractivity contribution is 7.49. The number of rotatable bonds is 81. The number of carbonyl (C=O) groups excluding carboxylic acids is 7. The van der Waals surface area contributed by atoms with Crippen molar-refractivity contribution in [1.82, 2.24) is 10.6 Å². The number of phosphoric acid groups is 1. The van der Waals surface area contributed by atoms with Gasteiger partial charge in [0.2, 0.25) is 11.8 Å². The van der Waals surface area contributed by atoms with Gasteiger partial charge in [-0.3, -0.25) is 33.3 Å². The summed E-state index contributed by atoms with van der Waals surface area (Å²) in [5.41, 5.74) is 0.659. The van der Waals surface area contributed by atoms with Gasteiger partial charge in [-0.05, 0) is 106 Å². The standard InChI is InChI=1S/C106H179N2O19PSi/c1-12-18-24-30-36-39-45-48-59-75-90(120-97(111)78-66-51-42-33-27-21-15-4)81-95(109)107-93(104(115)117-84-87-69-57-54-58-70-87)85-118-105-101(108-96(110)82-91(76-60-49-46-40-37-31-25-19-13-2)121-98(112)79-67-52-43-34-28-22-16-5)103(124-100(114)83-92(77-61-50-47-41-38-32-26-20-14-3)122-99(113)80-68-53-44-35-29-23-17-6)102(94(123-105)86-119-129(10,11)106(7,8)9)127-128(116,125-88-71-62-55-63-72-88)126-89-73-64-56-65-74-89/h54-58,62-65,69-74,90-94,101-103,105H,12-53,59-61,66-68,75-86H2,1-11H3,(H,107,109)(H,108,110)/t90-,91-,92-,93+,94-,101-,102-,103-,105-/m1/s1. The van der Waals surface area contributed by atoms with E-state index in [-0.39, 0.29) is 56.8 Å². The topological polar surface area (TPSA) is 262 Å². The molecule has 1 fully saturated rings. The summed E-state index contributed by atoms with van der Waals surface area (Å²) in [6.45, 7) is 22.2. The van der Waals surface area contributed by atoms with E-state index in [0.717, 1.165) is 212 Å². The average Bonchev–Trinajstić information content (AvgIpc) is 0.766. The van der Waals surface area contributed by atoms with Gasteiger partial charge >= 0.3 is 37.7 Å². The molecule has 2 N–H and O–H groups in total. The first-order valence-corrected chi connectivity index (χ1v) is 56.1. The van der Waals surface area contributed by atoms with Gasteiger partial charge in [-0.25, -0.2) is 9.36 Å². The van der Waals surface area contributed by atoms with Crippen LogP contribution in [0, 0.1) is 0 Å². The molecule has 21 nitrogen and oxygen atoms in total. The van der Waals surface area contributed by atoms with E-state index >= 15 is 23.7 Å². The van der Waals surface area contributed by atoms with Gasteiger partial charge in [0.1, 0.15) is 54.7 Å². The molecule has 1 saturated heterocycles. The van der Waals surface area contributed by atoms with Gasteiger partial charge in [0.05, 0.1) is 32.5 Å². The van der Waals surface area contributed by atoms with Crippen molar-refractivity contribution in [3.8, 4) is 11.5 Å². The molecule has 0 aliphatic carbocycles. The van der Waals surface area contributed by atoms with Crippen LogP contribution >= 0.6 is 7.82 Å². The molecular formula is C106H179N2O19PSi. The van der Waals surface area contributed by atoms with Crippen LogP contribution in [0.3, 0.4) is 0 Å². The van der Waals surface area contributed by atoms with Crippen LogP contribution in [0.25, 0.3) is 0 Å². The van der Waals surface area contributed by atoms with Crippen molar-refractivity contribution in [3.05, 3.63) is 96.6 Å². The number of nitrogens with one attached hydrogen (secondary N) is 2. The second kappa shape index (κ2) is 72.3. The number of amides is 2. The van der Waals surface area contributed by atoms with Crippen LogP contribution < -0.4 is 19.7 Å². The number of unbranched alkanes of at least 4 members (excludes halogenated alkanes) is 42. The van der Waals surface area contributed by atoms with Crippen molar-refractivity contribution >= 4 is 57.8 Å². The van der Waals surface area contributed by atoms with Crippen molar-refractivity contribution in [3.63, 3.8) is 0 Å². The summed E-state index contributed by atoms with van der Waals surface area (Å²) in [5, 5.41) is 5.66. The highest BCUT2D eigenvalue weighted by atomic mass is 31.2. The van der Waals surface area contributed by atoms with Crippen molar-refractivity contribution in [2.45, 2.75) is 508 Å².